The van der Waals surface area contributed by atoms with E-state index in [2.05, 4.69) is 15.3 Å². The summed E-state index contributed by atoms with van der Waals surface area (Å²) in [5.41, 5.74) is 5.76. The number of nitrogens with two attached hydrogens (primary N) is 1. The Kier molecular flexibility index (Phi) is 5.26. The number of hydrogen-bond acceptors (Lipinski definition) is 6. The monoisotopic (exact) mass is 274 g/mol. The molecule has 0 radical (unpaired) electrons. The van der Waals surface area contributed by atoms with E-state index in [1.165, 1.54) is 13.1 Å². The molecule has 100 valence electrons. The van der Waals surface area contributed by atoms with Crippen LogP contribution in [0.2, 0.25) is 5.28 Å². The van der Waals surface area contributed by atoms with Gasteiger partial charge in [-0.3, -0.25) is 4.79 Å². The van der Waals surface area contributed by atoms with E-state index in [0.29, 0.717) is 0 Å². The van der Waals surface area contributed by atoms with E-state index < -0.39 is 12.2 Å². The molecule has 1 aromatic rings. The second-order valence-corrected chi connectivity index (χ2v) is 4.10. The van der Waals surface area contributed by atoms with Crippen molar-refractivity contribution in [1.82, 2.24) is 15.3 Å². The fourth-order valence-electron chi connectivity index (χ4n) is 1.37. The van der Waals surface area contributed by atoms with Crippen LogP contribution in [0, 0.1) is 0 Å². The molecule has 5 N–H and O–H groups in total. The predicted octanol–water partition coefficient (Wildman–Crippen LogP) is -0.367. The zero-order valence-electron chi connectivity index (χ0n) is 9.80. The first kappa shape index (κ1) is 14.6. The maximum absolute atomic E-state index is 10.6. The van der Waals surface area contributed by atoms with Gasteiger partial charge in [-0.15, -0.1) is 0 Å². The Morgan fingerprint density at radius 1 is 1.61 bits per heavy atom. The molecule has 1 rings (SSSR count). The zero-order valence-corrected chi connectivity index (χ0v) is 10.6. The topological polar surface area (TPSA) is 121 Å². The molecule has 0 aliphatic heterocycles. The number of rotatable bonds is 5. The van der Waals surface area contributed by atoms with Gasteiger partial charge in [0.15, 0.2) is 0 Å². The van der Waals surface area contributed by atoms with Gasteiger partial charge in [0.25, 0.3) is 0 Å². The van der Waals surface area contributed by atoms with Crippen molar-refractivity contribution in [2.45, 2.75) is 25.6 Å². The fraction of sp³-hybridized carbons (Fsp3) is 0.500. The van der Waals surface area contributed by atoms with Gasteiger partial charge in [0.2, 0.25) is 11.2 Å². The largest absolute Gasteiger partial charge is 0.390 e. The van der Waals surface area contributed by atoms with Crippen LogP contribution in [0.4, 0.5) is 5.82 Å². The van der Waals surface area contributed by atoms with Crippen LogP contribution < -0.4 is 11.1 Å². The van der Waals surface area contributed by atoms with Gasteiger partial charge >= 0.3 is 0 Å². The number of nitrogens with zero attached hydrogens (tertiary/aromatic N) is 2. The summed E-state index contributed by atoms with van der Waals surface area (Å²) in [5, 5.41) is 22.1. The Balaban J connectivity index is 2.62. The minimum absolute atomic E-state index is 0.0149. The van der Waals surface area contributed by atoms with Crippen molar-refractivity contribution in [3.8, 4) is 0 Å². The number of carbonyl (C=O) groups excluding carboxylic acids is 1. The van der Waals surface area contributed by atoms with E-state index in [0.717, 1.165) is 0 Å². The summed E-state index contributed by atoms with van der Waals surface area (Å²) < 4.78 is 0. The van der Waals surface area contributed by atoms with Crippen LogP contribution in [0.25, 0.3) is 0 Å². The standard InChI is InChI=1S/C10H15ClN4O3/c1-5(16)13-3-2-7(17)8(18)6-4-14-10(11)15-9(6)12/h4,7-8,17-18H,2-3H2,1H3,(H,13,16)(H2,12,14,15). The van der Waals surface area contributed by atoms with Crippen LogP contribution in [0.5, 0.6) is 0 Å². The molecule has 0 spiro atoms. The van der Waals surface area contributed by atoms with Gasteiger partial charge in [-0.1, -0.05) is 0 Å². The molecule has 0 aliphatic rings. The molecule has 2 unspecified atom stereocenters. The number of halogens is 1. The van der Waals surface area contributed by atoms with Crippen LogP contribution in [-0.4, -0.2) is 38.7 Å². The van der Waals surface area contributed by atoms with Crippen molar-refractivity contribution < 1.29 is 15.0 Å². The molecule has 18 heavy (non-hydrogen) atoms. The summed E-state index contributed by atoms with van der Waals surface area (Å²) in [5.74, 6) is -0.188. The van der Waals surface area contributed by atoms with Crippen LogP contribution in [0.15, 0.2) is 6.20 Å². The average molecular weight is 275 g/mol. The first-order valence-corrected chi connectivity index (χ1v) is 5.68. The highest BCUT2D eigenvalue weighted by molar-refractivity contribution is 6.28. The summed E-state index contributed by atoms with van der Waals surface area (Å²) in [6, 6.07) is 0. The minimum atomic E-state index is -1.23. The first-order chi connectivity index (χ1) is 8.41. The summed E-state index contributed by atoms with van der Waals surface area (Å²) >= 11 is 5.53. The quantitative estimate of drug-likeness (QED) is 0.544. The molecule has 2 atom stereocenters. The number of anilines is 1. The maximum Gasteiger partial charge on any atom is 0.224 e. The number of aromatic nitrogens is 2. The highest BCUT2D eigenvalue weighted by Gasteiger charge is 2.21. The third-order valence-electron chi connectivity index (χ3n) is 2.32. The normalized spacial score (nSPS) is 14.0. The third kappa shape index (κ3) is 4.10. The van der Waals surface area contributed by atoms with Gasteiger partial charge in [0.05, 0.1) is 6.10 Å². The van der Waals surface area contributed by atoms with Crippen molar-refractivity contribution in [2.24, 2.45) is 0 Å². The molecule has 0 aliphatic carbocycles. The highest BCUT2D eigenvalue weighted by atomic mass is 35.5. The molecule has 0 saturated heterocycles. The van der Waals surface area contributed by atoms with Gasteiger partial charge in [-0.05, 0) is 18.0 Å². The number of nitrogens with one attached hydrogen (secondary N) is 1. The van der Waals surface area contributed by atoms with Gasteiger partial charge in [-0.25, -0.2) is 9.97 Å². The number of nitrogen functional groups attached to an aromatic ring is 1. The molecular weight excluding hydrogens is 260 g/mol. The Morgan fingerprint density at radius 3 is 2.83 bits per heavy atom. The molecular formula is C10H15ClN4O3. The lowest BCUT2D eigenvalue weighted by Gasteiger charge is -2.18. The lowest BCUT2D eigenvalue weighted by Crippen LogP contribution is -2.28. The van der Waals surface area contributed by atoms with Gasteiger partial charge in [-0.2, -0.15) is 0 Å². The number of aliphatic hydroxyl groups is 2. The Bertz CT molecular complexity index is 430. The van der Waals surface area contributed by atoms with Gasteiger partial charge in [0.1, 0.15) is 11.9 Å². The van der Waals surface area contributed by atoms with E-state index in [1.807, 2.05) is 0 Å². The molecule has 0 aromatic carbocycles. The number of aliphatic hydroxyl groups excluding tert-OH is 2. The number of carbonyl (C=O) groups is 1. The lowest BCUT2D eigenvalue weighted by molar-refractivity contribution is -0.119. The Labute approximate surface area is 109 Å². The second-order valence-electron chi connectivity index (χ2n) is 3.76. The summed E-state index contributed by atoms with van der Waals surface area (Å²) in [4.78, 5) is 18.0. The van der Waals surface area contributed by atoms with Crippen molar-refractivity contribution >= 4 is 23.3 Å². The molecule has 0 saturated carbocycles. The van der Waals surface area contributed by atoms with Gasteiger partial charge < -0.3 is 21.3 Å². The van der Waals surface area contributed by atoms with Crippen molar-refractivity contribution in [2.75, 3.05) is 12.3 Å². The van der Waals surface area contributed by atoms with Crippen molar-refractivity contribution in [1.29, 1.82) is 0 Å². The summed E-state index contributed by atoms with van der Waals surface area (Å²) in [6.07, 6.45) is -0.861. The van der Waals surface area contributed by atoms with Crippen molar-refractivity contribution in [3.05, 3.63) is 17.0 Å². The van der Waals surface area contributed by atoms with E-state index in [1.54, 1.807) is 0 Å². The van der Waals surface area contributed by atoms with E-state index in [4.69, 9.17) is 17.3 Å². The third-order valence-corrected chi connectivity index (χ3v) is 2.50. The van der Waals surface area contributed by atoms with Crippen LogP contribution in [0.1, 0.15) is 25.0 Å². The van der Waals surface area contributed by atoms with E-state index >= 15 is 0 Å². The molecule has 0 fully saturated rings. The molecule has 1 heterocycles. The van der Waals surface area contributed by atoms with Crippen molar-refractivity contribution in [3.63, 3.8) is 0 Å². The lowest BCUT2D eigenvalue weighted by atomic mass is 10.0. The molecule has 0 bridgehead atoms. The van der Waals surface area contributed by atoms with E-state index in [-0.39, 0.29) is 35.5 Å². The average Bonchev–Trinajstić information content (AvgIpc) is 2.27. The van der Waals surface area contributed by atoms with Crippen LogP contribution >= 0.6 is 11.6 Å². The van der Waals surface area contributed by atoms with Gasteiger partial charge in [0, 0.05) is 25.2 Å². The second kappa shape index (κ2) is 6.48. The van der Waals surface area contributed by atoms with Crippen LogP contribution in [-0.2, 0) is 4.79 Å². The molecule has 7 nitrogen and oxygen atoms in total. The Hall–Kier alpha value is -1.44. The zero-order chi connectivity index (χ0) is 13.7. The summed E-state index contributed by atoms with van der Waals surface area (Å²) in [6.45, 7) is 1.62. The van der Waals surface area contributed by atoms with E-state index in [9.17, 15) is 15.0 Å². The fourth-order valence-corrected chi connectivity index (χ4v) is 1.51. The molecule has 1 amide bonds. The predicted molar refractivity (Wildman–Crippen MR) is 65.7 cm³/mol. The maximum atomic E-state index is 10.6. The highest BCUT2D eigenvalue weighted by Crippen LogP contribution is 2.23. The first-order valence-electron chi connectivity index (χ1n) is 5.30. The summed E-state index contributed by atoms with van der Waals surface area (Å²) in [7, 11) is 0. The Morgan fingerprint density at radius 2 is 2.28 bits per heavy atom. The van der Waals surface area contributed by atoms with Crippen LogP contribution in [0.3, 0.4) is 0 Å². The molecule has 8 heteroatoms. The molecule has 1 aromatic heterocycles. The SMILES string of the molecule is CC(=O)NCCC(O)C(O)c1cnc(Cl)nc1N. The minimum Gasteiger partial charge on any atom is -0.390 e. The number of amides is 1. The smallest absolute Gasteiger partial charge is 0.224 e. The number of hydrogen-bond donors (Lipinski definition) is 4.